The maximum atomic E-state index is 12.1. The standard InChI is InChI=1S/C14H22N2OS/c1-11-5-2-3-7-14(11,10-15)16-13(17)9-12-6-4-8-18-12/h4,6,8,11H,2-3,5,7,9-10,15H2,1H3,(H,16,17). The number of hydrogen-bond acceptors (Lipinski definition) is 3. The van der Waals surface area contributed by atoms with Crippen molar-refractivity contribution in [1.82, 2.24) is 5.32 Å². The number of hydrogen-bond donors (Lipinski definition) is 2. The van der Waals surface area contributed by atoms with Crippen LogP contribution >= 0.6 is 11.3 Å². The summed E-state index contributed by atoms with van der Waals surface area (Å²) in [6.07, 6.45) is 5.08. The summed E-state index contributed by atoms with van der Waals surface area (Å²) in [5, 5.41) is 5.22. The minimum Gasteiger partial charge on any atom is -0.349 e. The van der Waals surface area contributed by atoms with E-state index in [0.717, 1.165) is 17.7 Å². The van der Waals surface area contributed by atoms with Gasteiger partial charge in [0.1, 0.15) is 0 Å². The van der Waals surface area contributed by atoms with Gasteiger partial charge < -0.3 is 11.1 Å². The Morgan fingerprint density at radius 1 is 1.61 bits per heavy atom. The molecule has 3 N–H and O–H groups in total. The highest BCUT2D eigenvalue weighted by Gasteiger charge is 2.38. The molecule has 1 fully saturated rings. The first-order valence-electron chi connectivity index (χ1n) is 6.70. The molecule has 0 aromatic carbocycles. The average Bonchev–Trinajstić information content (AvgIpc) is 2.85. The molecule has 4 heteroatoms. The summed E-state index contributed by atoms with van der Waals surface area (Å²) in [5.74, 6) is 0.584. The normalized spacial score (nSPS) is 28.0. The average molecular weight is 266 g/mol. The van der Waals surface area contributed by atoms with Crippen molar-refractivity contribution < 1.29 is 4.79 Å². The van der Waals surface area contributed by atoms with E-state index in [4.69, 9.17) is 5.73 Å². The number of nitrogens with two attached hydrogens (primary N) is 1. The molecular formula is C14H22N2OS. The van der Waals surface area contributed by atoms with Crippen LogP contribution < -0.4 is 11.1 Å². The molecule has 0 bridgehead atoms. The van der Waals surface area contributed by atoms with Gasteiger partial charge in [0.15, 0.2) is 0 Å². The molecule has 2 atom stereocenters. The lowest BCUT2D eigenvalue weighted by Crippen LogP contribution is -2.59. The molecule has 2 unspecified atom stereocenters. The summed E-state index contributed by atoms with van der Waals surface area (Å²) < 4.78 is 0. The van der Waals surface area contributed by atoms with E-state index in [9.17, 15) is 4.79 Å². The summed E-state index contributed by atoms with van der Waals surface area (Å²) in [6.45, 7) is 2.75. The quantitative estimate of drug-likeness (QED) is 0.878. The SMILES string of the molecule is CC1CCCCC1(CN)NC(=O)Cc1cccs1. The summed E-state index contributed by atoms with van der Waals surface area (Å²) in [5.41, 5.74) is 5.76. The van der Waals surface area contributed by atoms with Gasteiger partial charge >= 0.3 is 0 Å². The van der Waals surface area contributed by atoms with Gasteiger partial charge in [0.05, 0.1) is 12.0 Å². The highest BCUT2D eigenvalue weighted by molar-refractivity contribution is 7.10. The van der Waals surface area contributed by atoms with E-state index in [0.29, 0.717) is 18.9 Å². The number of thiophene rings is 1. The van der Waals surface area contributed by atoms with E-state index < -0.39 is 0 Å². The predicted octanol–water partition coefficient (Wildman–Crippen LogP) is 2.31. The minimum atomic E-state index is -0.174. The number of rotatable bonds is 4. The smallest absolute Gasteiger partial charge is 0.225 e. The number of nitrogens with one attached hydrogen (secondary N) is 1. The van der Waals surface area contributed by atoms with E-state index in [1.807, 2.05) is 17.5 Å². The zero-order valence-electron chi connectivity index (χ0n) is 10.9. The molecule has 0 radical (unpaired) electrons. The molecule has 0 spiro atoms. The van der Waals surface area contributed by atoms with E-state index in [1.165, 1.54) is 12.8 Å². The molecule has 1 heterocycles. The molecule has 1 aliphatic rings. The zero-order valence-corrected chi connectivity index (χ0v) is 11.8. The second kappa shape index (κ2) is 5.85. The summed E-state index contributed by atoms with van der Waals surface area (Å²) in [6, 6.07) is 3.98. The molecule has 1 saturated carbocycles. The van der Waals surface area contributed by atoms with Crippen LogP contribution in [-0.4, -0.2) is 18.0 Å². The molecule has 2 rings (SSSR count). The van der Waals surface area contributed by atoms with Gasteiger partial charge in [-0.3, -0.25) is 4.79 Å². The highest BCUT2D eigenvalue weighted by Crippen LogP contribution is 2.32. The molecule has 100 valence electrons. The van der Waals surface area contributed by atoms with Gasteiger partial charge in [0.25, 0.3) is 0 Å². The molecule has 1 aromatic rings. The predicted molar refractivity (Wildman–Crippen MR) is 75.6 cm³/mol. The van der Waals surface area contributed by atoms with Crippen molar-refractivity contribution in [1.29, 1.82) is 0 Å². The van der Waals surface area contributed by atoms with Crippen molar-refractivity contribution in [3.8, 4) is 0 Å². The Kier molecular flexibility index (Phi) is 4.40. The Balaban J connectivity index is 1.99. The minimum absolute atomic E-state index is 0.108. The van der Waals surface area contributed by atoms with Crippen molar-refractivity contribution in [3.05, 3.63) is 22.4 Å². The topological polar surface area (TPSA) is 55.1 Å². The second-order valence-electron chi connectivity index (χ2n) is 5.31. The second-order valence-corrected chi connectivity index (χ2v) is 6.34. The number of carbonyl (C=O) groups excluding carboxylic acids is 1. The summed E-state index contributed by atoms with van der Waals surface area (Å²) in [4.78, 5) is 13.2. The summed E-state index contributed by atoms with van der Waals surface area (Å²) in [7, 11) is 0. The van der Waals surface area contributed by atoms with Gasteiger partial charge in [0, 0.05) is 11.4 Å². The van der Waals surface area contributed by atoms with Crippen molar-refractivity contribution in [2.75, 3.05) is 6.54 Å². The molecule has 1 aliphatic carbocycles. The lowest BCUT2D eigenvalue weighted by atomic mass is 9.73. The van der Waals surface area contributed by atoms with Crippen LogP contribution in [0.5, 0.6) is 0 Å². The molecule has 0 saturated heterocycles. The maximum absolute atomic E-state index is 12.1. The fraction of sp³-hybridized carbons (Fsp3) is 0.643. The lowest BCUT2D eigenvalue weighted by molar-refractivity contribution is -0.123. The van der Waals surface area contributed by atoms with E-state index >= 15 is 0 Å². The Morgan fingerprint density at radius 2 is 2.44 bits per heavy atom. The van der Waals surface area contributed by atoms with E-state index in [2.05, 4.69) is 12.2 Å². The third-order valence-electron chi connectivity index (χ3n) is 4.12. The number of carbonyl (C=O) groups is 1. The van der Waals surface area contributed by atoms with Crippen molar-refractivity contribution in [2.45, 2.75) is 44.6 Å². The third-order valence-corrected chi connectivity index (χ3v) is 5.00. The van der Waals surface area contributed by atoms with Gasteiger partial charge in [-0.1, -0.05) is 25.8 Å². The largest absolute Gasteiger partial charge is 0.349 e. The van der Waals surface area contributed by atoms with Crippen LogP contribution in [0.1, 0.15) is 37.5 Å². The van der Waals surface area contributed by atoms with Crippen LogP contribution in [0.2, 0.25) is 0 Å². The van der Waals surface area contributed by atoms with Gasteiger partial charge in [-0.2, -0.15) is 0 Å². The fourth-order valence-corrected chi connectivity index (χ4v) is 3.55. The van der Waals surface area contributed by atoms with Crippen LogP contribution in [0.15, 0.2) is 17.5 Å². The van der Waals surface area contributed by atoms with Crippen molar-refractivity contribution >= 4 is 17.2 Å². The molecular weight excluding hydrogens is 244 g/mol. The van der Waals surface area contributed by atoms with Crippen LogP contribution in [0.3, 0.4) is 0 Å². The first kappa shape index (κ1) is 13.6. The van der Waals surface area contributed by atoms with E-state index in [1.54, 1.807) is 11.3 Å². The maximum Gasteiger partial charge on any atom is 0.225 e. The Labute approximate surface area is 113 Å². The van der Waals surface area contributed by atoms with Crippen LogP contribution in [-0.2, 0) is 11.2 Å². The van der Waals surface area contributed by atoms with Gasteiger partial charge in [0.2, 0.25) is 5.91 Å². The lowest BCUT2D eigenvalue weighted by Gasteiger charge is -2.42. The Morgan fingerprint density at radius 3 is 3.06 bits per heavy atom. The highest BCUT2D eigenvalue weighted by atomic mass is 32.1. The molecule has 0 aliphatic heterocycles. The first-order valence-corrected chi connectivity index (χ1v) is 7.58. The molecule has 1 amide bonds. The monoisotopic (exact) mass is 266 g/mol. The third kappa shape index (κ3) is 2.93. The number of amides is 1. The first-order chi connectivity index (χ1) is 8.66. The summed E-state index contributed by atoms with van der Waals surface area (Å²) >= 11 is 1.63. The van der Waals surface area contributed by atoms with Crippen LogP contribution in [0, 0.1) is 5.92 Å². The van der Waals surface area contributed by atoms with Gasteiger partial charge in [-0.05, 0) is 30.2 Å². The van der Waals surface area contributed by atoms with Crippen molar-refractivity contribution in [2.24, 2.45) is 11.7 Å². The van der Waals surface area contributed by atoms with Crippen LogP contribution in [0.4, 0.5) is 0 Å². The van der Waals surface area contributed by atoms with Gasteiger partial charge in [-0.15, -0.1) is 11.3 Å². The molecule has 1 aromatic heterocycles. The Hall–Kier alpha value is -0.870. The molecule has 3 nitrogen and oxygen atoms in total. The van der Waals surface area contributed by atoms with Gasteiger partial charge in [-0.25, -0.2) is 0 Å². The fourth-order valence-electron chi connectivity index (χ4n) is 2.85. The van der Waals surface area contributed by atoms with E-state index in [-0.39, 0.29) is 11.4 Å². The zero-order chi connectivity index (χ0) is 13.0. The van der Waals surface area contributed by atoms with Crippen molar-refractivity contribution in [3.63, 3.8) is 0 Å². The Bertz CT molecular complexity index is 391. The molecule has 18 heavy (non-hydrogen) atoms. The van der Waals surface area contributed by atoms with Crippen LogP contribution in [0.25, 0.3) is 0 Å².